The van der Waals surface area contributed by atoms with E-state index in [-0.39, 0.29) is 0 Å². The van der Waals surface area contributed by atoms with Gasteiger partial charge in [-0.3, -0.25) is 4.68 Å². The second-order valence-electron chi connectivity index (χ2n) is 5.35. The van der Waals surface area contributed by atoms with E-state index < -0.39 is 0 Å². The molecule has 0 fully saturated rings. The Kier molecular flexibility index (Phi) is 5.36. The fourth-order valence-corrected chi connectivity index (χ4v) is 2.60. The third-order valence-electron chi connectivity index (χ3n) is 3.82. The minimum absolute atomic E-state index is 0.422. The number of rotatable bonds is 7. The Morgan fingerprint density at radius 1 is 1.25 bits per heavy atom. The first-order valence-corrected chi connectivity index (χ1v) is 7.48. The van der Waals surface area contributed by atoms with Gasteiger partial charge in [0.15, 0.2) is 0 Å². The number of benzene rings is 1. The first-order chi connectivity index (χ1) is 9.72. The van der Waals surface area contributed by atoms with Crippen LogP contribution in [0, 0.1) is 6.92 Å². The van der Waals surface area contributed by atoms with Gasteiger partial charge in [0.2, 0.25) is 0 Å². The second-order valence-corrected chi connectivity index (χ2v) is 5.35. The van der Waals surface area contributed by atoms with Crippen LogP contribution < -0.4 is 5.32 Å². The topological polar surface area (TPSA) is 29.9 Å². The maximum absolute atomic E-state index is 4.24. The van der Waals surface area contributed by atoms with E-state index >= 15 is 0 Å². The van der Waals surface area contributed by atoms with Gasteiger partial charge in [-0.05, 0) is 49.9 Å². The van der Waals surface area contributed by atoms with Crippen LogP contribution in [0.15, 0.2) is 36.5 Å². The Bertz CT molecular complexity index is 531. The molecular formula is C17H25N3. The molecule has 0 spiro atoms. The molecule has 1 aromatic carbocycles. The molecule has 2 rings (SSSR count). The molecule has 0 aliphatic heterocycles. The molecule has 0 amide bonds. The van der Waals surface area contributed by atoms with Gasteiger partial charge in [-0.15, -0.1) is 0 Å². The van der Waals surface area contributed by atoms with Crippen LogP contribution in [0.2, 0.25) is 0 Å². The van der Waals surface area contributed by atoms with E-state index in [1.165, 1.54) is 16.8 Å². The van der Waals surface area contributed by atoms with Crippen LogP contribution in [0.5, 0.6) is 0 Å². The largest absolute Gasteiger partial charge is 0.310 e. The zero-order valence-electron chi connectivity index (χ0n) is 12.8. The minimum Gasteiger partial charge on any atom is -0.310 e. The van der Waals surface area contributed by atoms with Crippen LogP contribution >= 0.6 is 0 Å². The first kappa shape index (κ1) is 14.8. The number of aryl methyl sites for hydroxylation is 3. The third-order valence-corrected chi connectivity index (χ3v) is 3.82. The van der Waals surface area contributed by atoms with Gasteiger partial charge in [0.25, 0.3) is 0 Å². The van der Waals surface area contributed by atoms with Crippen molar-refractivity contribution in [2.45, 2.75) is 39.2 Å². The van der Waals surface area contributed by atoms with Gasteiger partial charge in [0.1, 0.15) is 0 Å². The summed E-state index contributed by atoms with van der Waals surface area (Å²) in [6, 6.07) is 11.2. The van der Waals surface area contributed by atoms with Gasteiger partial charge in [-0.2, -0.15) is 5.10 Å². The standard InChI is InChI=1S/C17H25N3/c1-4-12-18-17(16-8-6-5-7-14(16)2)10-9-15-11-13-19-20(15)3/h5-8,11,13,17-18H,4,9-10,12H2,1-3H3. The van der Waals surface area contributed by atoms with Crippen molar-refractivity contribution >= 4 is 0 Å². The third kappa shape index (κ3) is 3.70. The first-order valence-electron chi connectivity index (χ1n) is 7.48. The highest BCUT2D eigenvalue weighted by molar-refractivity contribution is 5.28. The Balaban J connectivity index is 2.08. The summed E-state index contributed by atoms with van der Waals surface area (Å²) in [5.41, 5.74) is 4.08. The van der Waals surface area contributed by atoms with Gasteiger partial charge in [-0.25, -0.2) is 0 Å². The number of hydrogen-bond donors (Lipinski definition) is 1. The van der Waals surface area contributed by atoms with Crippen LogP contribution in [0.3, 0.4) is 0 Å². The van der Waals surface area contributed by atoms with Crippen molar-refractivity contribution in [1.29, 1.82) is 0 Å². The van der Waals surface area contributed by atoms with Crippen molar-refractivity contribution in [1.82, 2.24) is 15.1 Å². The average molecular weight is 271 g/mol. The smallest absolute Gasteiger partial charge is 0.0492 e. The quantitative estimate of drug-likeness (QED) is 0.836. The molecule has 108 valence electrons. The summed E-state index contributed by atoms with van der Waals surface area (Å²) in [5, 5.41) is 7.92. The Labute approximate surface area is 122 Å². The van der Waals surface area contributed by atoms with E-state index in [1.54, 1.807) is 0 Å². The highest BCUT2D eigenvalue weighted by atomic mass is 15.2. The van der Waals surface area contributed by atoms with Crippen molar-refractivity contribution in [3.8, 4) is 0 Å². The molecule has 1 unspecified atom stereocenters. The van der Waals surface area contributed by atoms with Crippen LogP contribution in [-0.2, 0) is 13.5 Å². The molecule has 3 heteroatoms. The van der Waals surface area contributed by atoms with E-state index in [9.17, 15) is 0 Å². The molecule has 1 atom stereocenters. The molecule has 1 aromatic heterocycles. The monoisotopic (exact) mass is 271 g/mol. The van der Waals surface area contributed by atoms with Crippen LogP contribution in [-0.4, -0.2) is 16.3 Å². The zero-order chi connectivity index (χ0) is 14.4. The van der Waals surface area contributed by atoms with Gasteiger partial charge < -0.3 is 5.32 Å². The molecular weight excluding hydrogens is 246 g/mol. The highest BCUT2D eigenvalue weighted by Crippen LogP contribution is 2.22. The summed E-state index contributed by atoms with van der Waals surface area (Å²) >= 11 is 0. The van der Waals surface area contributed by atoms with Crippen molar-refractivity contribution in [2.24, 2.45) is 7.05 Å². The summed E-state index contributed by atoms with van der Waals surface area (Å²) < 4.78 is 1.97. The maximum Gasteiger partial charge on any atom is 0.0492 e. The fourth-order valence-electron chi connectivity index (χ4n) is 2.60. The van der Waals surface area contributed by atoms with Crippen molar-refractivity contribution in [2.75, 3.05) is 6.54 Å². The maximum atomic E-state index is 4.24. The Morgan fingerprint density at radius 3 is 2.70 bits per heavy atom. The van der Waals surface area contributed by atoms with E-state index in [2.05, 4.69) is 54.6 Å². The molecule has 0 aliphatic carbocycles. The van der Waals surface area contributed by atoms with Crippen molar-refractivity contribution < 1.29 is 0 Å². The lowest BCUT2D eigenvalue weighted by Gasteiger charge is -2.21. The number of aromatic nitrogens is 2. The Hall–Kier alpha value is -1.61. The van der Waals surface area contributed by atoms with Gasteiger partial charge in [0.05, 0.1) is 0 Å². The lowest BCUT2D eigenvalue weighted by Crippen LogP contribution is -2.23. The molecule has 2 aromatic rings. The number of nitrogens with zero attached hydrogens (tertiary/aromatic N) is 2. The summed E-state index contributed by atoms with van der Waals surface area (Å²) in [5.74, 6) is 0. The predicted molar refractivity (Wildman–Crippen MR) is 83.7 cm³/mol. The zero-order valence-corrected chi connectivity index (χ0v) is 12.8. The molecule has 20 heavy (non-hydrogen) atoms. The molecule has 0 aliphatic rings. The van der Waals surface area contributed by atoms with Gasteiger partial charge in [0, 0.05) is 25.0 Å². The predicted octanol–water partition coefficient (Wildman–Crippen LogP) is 3.40. The lowest BCUT2D eigenvalue weighted by molar-refractivity contribution is 0.490. The molecule has 0 bridgehead atoms. The molecule has 0 saturated carbocycles. The fraction of sp³-hybridized carbons (Fsp3) is 0.471. The molecule has 1 N–H and O–H groups in total. The van der Waals surface area contributed by atoms with Crippen LogP contribution in [0.4, 0.5) is 0 Å². The highest BCUT2D eigenvalue weighted by Gasteiger charge is 2.13. The summed E-state index contributed by atoms with van der Waals surface area (Å²) in [6.07, 6.45) is 5.18. The number of nitrogens with one attached hydrogen (secondary N) is 1. The summed E-state index contributed by atoms with van der Waals surface area (Å²) in [7, 11) is 2.01. The van der Waals surface area contributed by atoms with E-state index in [1.807, 2.05) is 17.9 Å². The van der Waals surface area contributed by atoms with Gasteiger partial charge in [-0.1, -0.05) is 31.2 Å². The summed E-state index contributed by atoms with van der Waals surface area (Å²) in [4.78, 5) is 0. The SMILES string of the molecule is CCCNC(CCc1ccnn1C)c1ccccc1C. The second kappa shape index (κ2) is 7.25. The Morgan fingerprint density at radius 2 is 2.05 bits per heavy atom. The number of hydrogen-bond acceptors (Lipinski definition) is 2. The normalized spacial score (nSPS) is 12.6. The molecule has 1 heterocycles. The van der Waals surface area contributed by atoms with Crippen molar-refractivity contribution in [3.63, 3.8) is 0 Å². The molecule has 0 saturated heterocycles. The lowest BCUT2D eigenvalue weighted by atomic mass is 9.96. The van der Waals surface area contributed by atoms with E-state index in [0.717, 1.165) is 25.8 Å². The molecule has 3 nitrogen and oxygen atoms in total. The summed E-state index contributed by atoms with van der Waals surface area (Å²) in [6.45, 7) is 5.47. The van der Waals surface area contributed by atoms with Crippen LogP contribution in [0.1, 0.15) is 42.6 Å². The molecule has 0 radical (unpaired) electrons. The van der Waals surface area contributed by atoms with E-state index in [0.29, 0.717) is 6.04 Å². The van der Waals surface area contributed by atoms with E-state index in [4.69, 9.17) is 0 Å². The average Bonchev–Trinajstić information content (AvgIpc) is 2.86. The van der Waals surface area contributed by atoms with Gasteiger partial charge >= 0.3 is 0 Å². The van der Waals surface area contributed by atoms with Crippen LogP contribution in [0.25, 0.3) is 0 Å². The minimum atomic E-state index is 0.422. The van der Waals surface area contributed by atoms with Crippen molar-refractivity contribution in [3.05, 3.63) is 53.3 Å².